The average molecular weight is 381 g/mol. The zero-order chi connectivity index (χ0) is 19.0. The van der Waals surface area contributed by atoms with Gasteiger partial charge < -0.3 is 19.4 Å². The van der Waals surface area contributed by atoms with Crippen molar-refractivity contribution in [2.75, 3.05) is 13.7 Å². The first kappa shape index (κ1) is 17.0. The first-order valence-corrected chi connectivity index (χ1v) is 8.81. The summed E-state index contributed by atoms with van der Waals surface area (Å²) in [6, 6.07) is 12.5. The summed E-state index contributed by atoms with van der Waals surface area (Å²) in [5.74, 6) is -0.671. The highest BCUT2D eigenvalue weighted by atomic mass is 32.1. The molecule has 2 heterocycles. The van der Waals surface area contributed by atoms with E-state index in [2.05, 4.69) is 4.98 Å². The van der Waals surface area contributed by atoms with E-state index in [0.717, 1.165) is 16.6 Å². The minimum absolute atomic E-state index is 0.139. The van der Waals surface area contributed by atoms with E-state index in [1.165, 1.54) is 18.4 Å². The fourth-order valence-electron chi connectivity index (χ4n) is 2.79. The molecule has 0 radical (unpaired) electrons. The molecule has 7 nitrogen and oxygen atoms in total. The Hall–Kier alpha value is -3.39. The SMILES string of the molecule is COc1cc(/C=c2\sc3nc4ccccc4n3c2=O)ccc1OCC(=O)[O-]. The molecule has 2 aromatic heterocycles. The largest absolute Gasteiger partial charge is 0.546 e. The van der Waals surface area contributed by atoms with Crippen molar-refractivity contribution < 1.29 is 19.4 Å². The van der Waals surface area contributed by atoms with Gasteiger partial charge in [0.2, 0.25) is 0 Å². The summed E-state index contributed by atoms with van der Waals surface area (Å²) >= 11 is 1.30. The van der Waals surface area contributed by atoms with E-state index < -0.39 is 12.6 Å². The Kier molecular flexibility index (Phi) is 4.25. The molecule has 0 atom stereocenters. The van der Waals surface area contributed by atoms with Gasteiger partial charge in [-0.05, 0) is 35.9 Å². The number of aromatic nitrogens is 2. The maximum absolute atomic E-state index is 12.8. The van der Waals surface area contributed by atoms with Crippen LogP contribution < -0.4 is 24.7 Å². The van der Waals surface area contributed by atoms with Crippen LogP contribution in [0.15, 0.2) is 47.3 Å². The lowest BCUT2D eigenvalue weighted by molar-refractivity contribution is -0.307. The number of para-hydroxylation sites is 2. The number of carbonyl (C=O) groups is 1. The van der Waals surface area contributed by atoms with Crippen LogP contribution in [0.4, 0.5) is 0 Å². The Morgan fingerprint density at radius 1 is 1.26 bits per heavy atom. The number of nitrogens with zero attached hydrogens (tertiary/aromatic N) is 2. The number of benzene rings is 2. The molecule has 0 saturated heterocycles. The molecule has 0 N–H and O–H groups in total. The van der Waals surface area contributed by atoms with E-state index in [9.17, 15) is 14.7 Å². The number of aliphatic carboxylic acids is 1. The zero-order valence-corrected chi connectivity index (χ0v) is 15.0. The normalized spacial score (nSPS) is 12.0. The van der Waals surface area contributed by atoms with E-state index in [4.69, 9.17) is 9.47 Å². The Bertz CT molecular complexity index is 1270. The number of ether oxygens (including phenoxy) is 2. The maximum atomic E-state index is 12.8. The highest BCUT2D eigenvalue weighted by Crippen LogP contribution is 2.28. The lowest BCUT2D eigenvalue weighted by atomic mass is 10.2. The third-order valence-corrected chi connectivity index (χ3v) is 4.94. The van der Waals surface area contributed by atoms with Crippen LogP contribution in [-0.4, -0.2) is 29.1 Å². The molecule has 136 valence electrons. The summed E-state index contributed by atoms with van der Waals surface area (Å²) in [5.41, 5.74) is 2.14. The number of carboxylic acids is 1. The van der Waals surface area contributed by atoms with Crippen molar-refractivity contribution >= 4 is 39.4 Å². The predicted octanol–water partition coefficient (Wildman–Crippen LogP) is 0.594. The van der Waals surface area contributed by atoms with Gasteiger partial charge in [0, 0.05) is 0 Å². The number of hydrogen-bond acceptors (Lipinski definition) is 7. The molecule has 2 aromatic carbocycles. The standard InChI is InChI=1S/C19H14N2O5S/c1-25-15-8-11(6-7-14(15)26-10-17(22)23)9-16-18(24)21-13-5-3-2-4-12(13)20-19(21)27-16/h2-9H,10H2,1H3,(H,22,23)/p-1/b16-9-. The molecule has 0 saturated carbocycles. The molecule has 0 fully saturated rings. The highest BCUT2D eigenvalue weighted by molar-refractivity contribution is 7.15. The molecule has 8 heteroatoms. The number of carboxylic acid groups (broad SMARTS) is 1. The van der Waals surface area contributed by atoms with Crippen LogP contribution in [0.5, 0.6) is 11.5 Å². The van der Waals surface area contributed by atoms with Crippen LogP contribution in [0.25, 0.3) is 22.1 Å². The van der Waals surface area contributed by atoms with E-state index in [-0.39, 0.29) is 11.3 Å². The monoisotopic (exact) mass is 381 g/mol. The van der Waals surface area contributed by atoms with E-state index >= 15 is 0 Å². The molecule has 0 aliphatic heterocycles. The molecule has 0 unspecified atom stereocenters. The first-order valence-electron chi connectivity index (χ1n) is 7.99. The number of thiazole rings is 1. The Balaban J connectivity index is 1.78. The molecule has 0 aliphatic rings. The van der Waals surface area contributed by atoms with Crippen LogP contribution in [-0.2, 0) is 4.79 Å². The van der Waals surface area contributed by atoms with Gasteiger partial charge in [0.1, 0.15) is 6.61 Å². The summed E-state index contributed by atoms with van der Waals surface area (Å²) in [6.07, 6.45) is 1.74. The van der Waals surface area contributed by atoms with Gasteiger partial charge in [-0.2, -0.15) is 0 Å². The van der Waals surface area contributed by atoms with Crippen molar-refractivity contribution in [3.05, 3.63) is 62.9 Å². The van der Waals surface area contributed by atoms with Crippen LogP contribution in [0, 0.1) is 0 Å². The number of imidazole rings is 1. The average Bonchev–Trinajstić information content (AvgIpc) is 3.17. The molecule has 0 aliphatic carbocycles. The summed E-state index contributed by atoms with van der Waals surface area (Å²) < 4.78 is 12.5. The first-order chi connectivity index (χ1) is 13.1. The van der Waals surface area contributed by atoms with Gasteiger partial charge in [-0.25, -0.2) is 9.38 Å². The summed E-state index contributed by atoms with van der Waals surface area (Å²) in [7, 11) is 1.45. The summed E-state index contributed by atoms with van der Waals surface area (Å²) in [4.78, 5) is 28.4. The second-order valence-electron chi connectivity index (χ2n) is 5.71. The third kappa shape index (κ3) is 3.11. The number of carbonyl (C=O) groups excluding carboxylic acids is 1. The van der Waals surface area contributed by atoms with Gasteiger partial charge in [-0.1, -0.05) is 29.5 Å². The predicted molar refractivity (Wildman–Crippen MR) is 99.1 cm³/mol. The number of methoxy groups -OCH3 is 1. The molecular weight excluding hydrogens is 368 g/mol. The van der Waals surface area contributed by atoms with Gasteiger partial charge in [0.05, 0.1) is 28.6 Å². The van der Waals surface area contributed by atoms with Crippen molar-refractivity contribution in [2.45, 2.75) is 0 Å². The van der Waals surface area contributed by atoms with E-state index in [1.807, 2.05) is 24.3 Å². The van der Waals surface area contributed by atoms with E-state index in [1.54, 1.807) is 28.7 Å². The minimum atomic E-state index is -1.32. The minimum Gasteiger partial charge on any atom is -0.546 e. The van der Waals surface area contributed by atoms with Crippen molar-refractivity contribution in [1.82, 2.24) is 9.38 Å². The van der Waals surface area contributed by atoms with Gasteiger partial charge in [-0.15, -0.1) is 0 Å². The summed E-state index contributed by atoms with van der Waals surface area (Å²) in [5, 5.41) is 10.5. The Morgan fingerprint density at radius 3 is 2.85 bits per heavy atom. The fraction of sp³-hybridized carbons (Fsp3) is 0.105. The molecule has 4 aromatic rings. The zero-order valence-electron chi connectivity index (χ0n) is 14.2. The molecule has 0 bridgehead atoms. The number of hydrogen-bond donors (Lipinski definition) is 0. The van der Waals surface area contributed by atoms with Crippen LogP contribution in [0.1, 0.15) is 5.56 Å². The lowest BCUT2D eigenvalue weighted by Gasteiger charge is -2.11. The molecule has 27 heavy (non-hydrogen) atoms. The smallest absolute Gasteiger partial charge is 0.274 e. The Morgan fingerprint density at radius 2 is 2.07 bits per heavy atom. The number of fused-ring (bicyclic) bond motifs is 3. The van der Waals surface area contributed by atoms with Gasteiger partial charge in [0.15, 0.2) is 16.5 Å². The molecule has 4 rings (SSSR count). The number of rotatable bonds is 5. The van der Waals surface area contributed by atoms with Crippen molar-refractivity contribution in [3.63, 3.8) is 0 Å². The van der Waals surface area contributed by atoms with Crippen LogP contribution >= 0.6 is 11.3 Å². The quantitative estimate of drug-likeness (QED) is 0.502. The van der Waals surface area contributed by atoms with Crippen LogP contribution in [0.3, 0.4) is 0 Å². The second-order valence-corrected chi connectivity index (χ2v) is 6.71. The van der Waals surface area contributed by atoms with Gasteiger partial charge in [0.25, 0.3) is 5.56 Å². The van der Waals surface area contributed by atoms with Gasteiger partial charge in [-0.3, -0.25) is 4.79 Å². The third-order valence-electron chi connectivity index (χ3n) is 3.98. The Labute approximate surface area is 156 Å². The second kappa shape index (κ2) is 6.73. The molecular formula is C19H13N2O5S-. The fourth-order valence-corrected chi connectivity index (χ4v) is 3.78. The van der Waals surface area contributed by atoms with Gasteiger partial charge >= 0.3 is 0 Å². The molecule has 0 amide bonds. The van der Waals surface area contributed by atoms with Crippen molar-refractivity contribution in [1.29, 1.82) is 0 Å². The van der Waals surface area contributed by atoms with Crippen molar-refractivity contribution in [3.8, 4) is 11.5 Å². The van der Waals surface area contributed by atoms with Crippen molar-refractivity contribution in [2.24, 2.45) is 0 Å². The van der Waals surface area contributed by atoms with Crippen LogP contribution in [0.2, 0.25) is 0 Å². The lowest BCUT2D eigenvalue weighted by Crippen LogP contribution is -2.29. The topological polar surface area (TPSA) is 93.0 Å². The maximum Gasteiger partial charge on any atom is 0.274 e. The summed E-state index contributed by atoms with van der Waals surface area (Å²) in [6.45, 7) is -0.570. The van der Waals surface area contributed by atoms with E-state index in [0.29, 0.717) is 15.2 Å². The molecule has 0 spiro atoms. The highest BCUT2D eigenvalue weighted by Gasteiger charge is 2.11.